The van der Waals surface area contributed by atoms with Crippen molar-refractivity contribution in [3.8, 4) is 0 Å². The van der Waals surface area contributed by atoms with E-state index in [0.29, 0.717) is 24.1 Å². The minimum Gasteiger partial charge on any atom is -0.358 e. The number of aryl methyl sites for hydroxylation is 1. The van der Waals surface area contributed by atoms with Crippen molar-refractivity contribution in [1.29, 1.82) is 0 Å². The SMILES string of the molecule is CCC(C)[C@H](NC(=O)Cc1ccccc1F)C(=O)N[C@]1(C(=O)NC(C(=O)NCCn2cnnn2)[C@@H](C)CC)CCc2[nH]c3c(C(F)(F)F)cccc3c2C1. The Bertz CT molecular complexity index is 1970. The molecule has 0 aliphatic heterocycles. The van der Waals surface area contributed by atoms with Gasteiger partial charge in [-0.15, -0.1) is 5.10 Å². The van der Waals surface area contributed by atoms with Crippen molar-refractivity contribution in [2.24, 2.45) is 11.8 Å². The second kappa shape index (κ2) is 16.8. The van der Waals surface area contributed by atoms with Crippen LogP contribution in [-0.4, -0.2) is 73.0 Å². The molecule has 0 fully saturated rings. The van der Waals surface area contributed by atoms with Crippen LogP contribution >= 0.6 is 0 Å². The molecule has 0 spiro atoms. The molecule has 5 N–H and O–H groups in total. The fourth-order valence-corrected chi connectivity index (χ4v) is 6.79. The number of fused-ring (bicyclic) bond motifs is 3. The molecule has 54 heavy (non-hydrogen) atoms. The molecule has 4 aromatic rings. The number of benzene rings is 2. The molecule has 0 bridgehead atoms. The fourth-order valence-electron chi connectivity index (χ4n) is 6.79. The third kappa shape index (κ3) is 8.88. The van der Waals surface area contributed by atoms with Crippen LogP contribution in [-0.2, 0) is 51.2 Å². The van der Waals surface area contributed by atoms with Crippen LogP contribution in [0.2, 0.25) is 0 Å². The Morgan fingerprint density at radius 3 is 2.31 bits per heavy atom. The zero-order valence-corrected chi connectivity index (χ0v) is 30.5. The van der Waals surface area contributed by atoms with Gasteiger partial charge in [0.1, 0.15) is 29.8 Å². The van der Waals surface area contributed by atoms with E-state index in [1.54, 1.807) is 19.9 Å². The summed E-state index contributed by atoms with van der Waals surface area (Å²) in [6.45, 7) is 7.63. The number of H-pyrrole nitrogens is 1. The van der Waals surface area contributed by atoms with Crippen molar-refractivity contribution in [3.05, 3.63) is 77.0 Å². The normalized spacial score (nSPS) is 17.9. The van der Waals surface area contributed by atoms with Crippen molar-refractivity contribution < 1.29 is 36.7 Å². The van der Waals surface area contributed by atoms with E-state index >= 15 is 0 Å². The molecule has 5 atom stereocenters. The standard InChI is InChI=1S/C37H45F4N9O4/c1-5-21(3)30(33(52)42-16-17-50-20-43-48-49-50)46-35(54)36(15-14-28-25(19-36)24-11-9-12-26(32(24)44-28)37(39,40)41)47-34(53)31(22(4)6-2)45-29(51)18-23-10-7-8-13-27(23)38/h7-13,20-22,30-31,44H,5-6,14-19H2,1-4H3,(H,42,52)(H,45,51)(H,46,54)(H,47,53)/t21-,22?,30?,31-,36+/m0/s1. The first-order valence-electron chi connectivity index (χ1n) is 18.0. The van der Waals surface area contributed by atoms with Crippen LogP contribution in [0.4, 0.5) is 17.6 Å². The van der Waals surface area contributed by atoms with Gasteiger partial charge >= 0.3 is 6.18 Å². The lowest BCUT2D eigenvalue weighted by atomic mass is 9.78. The number of rotatable bonds is 15. The summed E-state index contributed by atoms with van der Waals surface area (Å²) in [4.78, 5) is 58.6. The van der Waals surface area contributed by atoms with E-state index in [0.717, 1.165) is 6.07 Å². The van der Waals surface area contributed by atoms with Crippen LogP contribution in [0.25, 0.3) is 10.9 Å². The number of alkyl halides is 3. The van der Waals surface area contributed by atoms with Gasteiger partial charge in [-0.25, -0.2) is 9.07 Å². The van der Waals surface area contributed by atoms with E-state index in [2.05, 4.69) is 41.8 Å². The summed E-state index contributed by atoms with van der Waals surface area (Å²) >= 11 is 0. The fraction of sp³-hybridized carbons (Fsp3) is 0.486. The number of halogens is 4. The Kier molecular flexibility index (Phi) is 12.4. The highest BCUT2D eigenvalue weighted by molar-refractivity contribution is 5.98. The van der Waals surface area contributed by atoms with Gasteiger partial charge in [-0.3, -0.25) is 19.2 Å². The van der Waals surface area contributed by atoms with Crippen LogP contribution in [0.3, 0.4) is 0 Å². The van der Waals surface area contributed by atoms with Crippen molar-refractivity contribution in [1.82, 2.24) is 46.5 Å². The molecule has 2 unspecified atom stereocenters. The molecule has 5 rings (SSSR count). The number of para-hydroxylation sites is 1. The number of carbonyl (C=O) groups is 4. The van der Waals surface area contributed by atoms with Gasteiger partial charge in [-0.2, -0.15) is 13.2 Å². The lowest BCUT2D eigenvalue weighted by Crippen LogP contribution is -2.67. The van der Waals surface area contributed by atoms with Crippen LogP contribution in [0.5, 0.6) is 0 Å². The highest BCUT2D eigenvalue weighted by Gasteiger charge is 2.47. The molecule has 4 amide bonds. The molecule has 13 nitrogen and oxygen atoms in total. The van der Waals surface area contributed by atoms with E-state index in [9.17, 15) is 36.7 Å². The third-order valence-electron chi connectivity index (χ3n) is 10.3. The molecule has 2 aromatic heterocycles. The highest BCUT2D eigenvalue weighted by atomic mass is 19.4. The number of hydrogen-bond acceptors (Lipinski definition) is 7. The number of carbonyl (C=O) groups excluding carboxylic acids is 4. The molecular weight excluding hydrogens is 710 g/mol. The van der Waals surface area contributed by atoms with Gasteiger partial charge in [0.2, 0.25) is 23.6 Å². The lowest BCUT2D eigenvalue weighted by Gasteiger charge is -2.39. The molecule has 1 aliphatic carbocycles. The Labute approximate surface area is 309 Å². The highest BCUT2D eigenvalue weighted by Crippen LogP contribution is 2.40. The maximum Gasteiger partial charge on any atom is 0.418 e. The zero-order chi connectivity index (χ0) is 39.2. The second-order valence-electron chi connectivity index (χ2n) is 14.0. The first-order chi connectivity index (χ1) is 25.7. The summed E-state index contributed by atoms with van der Waals surface area (Å²) in [5, 5.41) is 22.4. The first kappa shape index (κ1) is 39.8. The third-order valence-corrected chi connectivity index (χ3v) is 10.3. The molecule has 2 aromatic carbocycles. The summed E-state index contributed by atoms with van der Waals surface area (Å²) in [6, 6.07) is 7.37. The second-order valence-corrected chi connectivity index (χ2v) is 14.0. The van der Waals surface area contributed by atoms with Crippen LogP contribution in [0, 0.1) is 17.7 Å². The predicted molar refractivity (Wildman–Crippen MR) is 190 cm³/mol. The monoisotopic (exact) mass is 755 g/mol. The number of hydrogen-bond donors (Lipinski definition) is 5. The number of aromatic nitrogens is 5. The van der Waals surface area contributed by atoms with E-state index in [-0.39, 0.29) is 61.2 Å². The minimum absolute atomic E-state index is 0.0315. The van der Waals surface area contributed by atoms with Gasteiger partial charge in [0, 0.05) is 24.0 Å². The number of tetrazole rings is 1. The molecular formula is C37H45F4N9O4. The van der Waals surface area contributed by atoms with Gasteiger partial charge in [0.15, 0.2) is 0 Å². The van der Waals surface area contributed by atoms with Crippen molar-refractivity contribution in [3.63, 3.8) is 0 Å². The maximum absolute atomic E-state index is 14.7. The van der Waals surface area contributed by atoms with Gasteiger partial charge in [0.25, 0.3) is 0 Å². The van der Waals surface area contributed by atoms with Crippen LogP contribution < -0.4 is 21.3 Å². The molecule has 0 saturated heterocycles. The average molecular weight is 756 g/mol. The van der Waals surface area contributed by atoms with Crippen LogP contribution in [0.1, 0.15) is 69.3 Å². The molecule has 17 heteroatoms. The molecule has 1 aliphatic rings. The summed E-state index contributed by atoms with van der Waals surface area (Å²) < 4.78 is 58.0. The largest absolute Gasteiger partial charge is 0.418 e. The molecule has 0 saturated carbocycles. The lowest BCUT2D eigenvalue weighted by molar-refractivity contribution is -0.139. The van der Waals surface area contributed by atoms with E-state index in [1.807, 2.05) is 13.8 Å². The molecule has 0 radical (unpaired) electrons. The smallest absolute Gasteiger partial charge is 0.358 e. The minimum atomic E-state index is -4.65. The number of aromatic amines is 1. The molecule has 2 heterocycles. The van der Waals surface area contributed by atoms with Gasteiger partial charge in [-0.05, 0) is 58.4 Å². The predicted octanol–water partition coefficient (Wildman–Crippen LogP) is 3.78. The molecule has 290 valence electrons. The van der Waals surface area contributed by atoms with E-state index < -0.39 is 64.7 Å². The Hall–Kier alpha value is -5.35. The summed E-state index contributed by atoms with van der Waals surface area (Å²) in [5.74, 6) is -3.87. The van der Waals surface area contributed by atoms with Crippen molar-refractivity contribution in [2.75, 3.05) is 6.54 Å². The zero-order valence-electron chi connectivity index (χ0n) is 30.5. The maximum atomic E-state index is 14.7. The Balaban J connectivity index is 1.47. The number of nitrogens with zero attached hydrogens (tertiary/aromatic N) is 4. The topological polar surface area (TPSA) is 176 Å². The van der Waals surface area contributed by atoms with Crippen molar-refractivity contribution >= 4 is 34.5 Å². The van der Waals surface area contributed by atoms with Gasteiger partial charge < -0.3 is 26.3 Å². The Morgan fingerprint density at radius 1 is 0.963 bits per heavy atom. The summed E-state index contributed by atoms with van der Waals surface area (Å²) in [7, 11) is 0. The number of nitrogens with one attached hydrogen (secondary N) is 5. The van der Waals surface area contributed by atoms with Gasteiger partial charge in [-0.1, -0.05) is 70.9 Å². The van der Waals surface area contributed by atoms with E-state index in [1.165, 1.54) is 41.3 Å². The van der Waals surface area contributed by atoms with Crippen molar-refractivity contribution in [2.45, 2.75) is 96.6 Å². The Morgan fingerprint density at radius 2 is 1.67 bits per heavy atom. The van der Waals surface area contributed by atoms with Gasteiger partial charge in [0.05, 0.1) is 24.0 Å². The van der Waals surface area contributed by atoms with Crippen LogP contribution in [0.15, 0.2) is 48.8 Å². The number of amides is 4. The average Bonchev–Trinajstić information content (AvgIpc) is 3.80. The summed E-state index contributed by atoms with van der Waals surface area (Å²) in [5.41, 5.74) is -1.68. The first-order valence-corrected chi connectivity index (χ1v) is 18.0. The summed E-state index contributed by atoms with van der Waals surface area (Å²) in [6.07, 6.45) is -2.79. The van der Waals surface area contributed by atoms with E-state index in [4.69, 9.17) is 0 Å². The quantitative estimate of drug-likeness (QED) is 0.115.